The van der Waals surface area contributed by atoms with Gasteiger partial charge in [0.15, 0.2) is 0 Å². The molecule has 3 unspecified atom stereocenters. The Balaban J connectivity index is 2.70. The molecule has 2 N–H and O–H groups in total. The Labute approximate surface area is 68.4 Å². The van der Waals surface area contributed by atoms with E-state index >= 15 is 0 Å². The Morgan fingerprint density at radius 3 is 2.55 bits per heavy atom. The molecule has 1 aliphatic rings. The van der Waals surface area contributed by atoms with Crippen molar-refractivity contribution in [2.24, 2.45) is 17.6 Å². The first-order valence-corrected chi connectivity index (χ1v) is 4.28. The fourth-order valence-corrected chi connectivity index (χ4v) is 1.83. The molecule has 0 saturated heterocycles. The number of hydrogen-bond acceptors (Lipinski definition) is 2. The Kier molecular flexibility index (Phi) is 2.20. The minimum Gasteiger partial charge on any atom is -0.313 e. The Hall–Kier alpha value is -0.550. The molecule has 2 nitrogen and oxygen atoms in total. The molecular formula is C9H16N2. The van der Waals surface area contributed by atoms with Gasteiger partial charge in [-0.2, -0.15) is 5.26 Å². The molecule has 62 valence electrons. The van der Waals surface area contributed by atoms with E-state index in [2.05, 4.69) is 19.9 Å². The zero-order valence-corrected chi connectivity index (χ0v) is 7.30. The van der Waals surface area contributed by atoms with E-state index in [9.17, 15) is 0 Å². The minimum atomic E-state index is -0.544. The molecule has 1 aliphatic carbocycles. The Morgan fingerprint density at radius 2 is 2.09 bits per heavy atom. The van der Waals surface area contributed by atoms with E-state index in [4.69, 9.17) is 11.0 Å². The highest BCUT2D eigenvalue weighted by Crippen LogP contribution is 2.34. The standard InChI is InChI=1S/C9H16N2/c1-7-3-4-8(2)9(11,5-7)6-10/h7-8H,3-5,11H2,1-2H3. The van der Waals surface area contributed by atoms with Crippen molar-refractivity contribution in [3.05, 3.63) is 0 Å². The summed E-state index contributed by atoms with van der Waals surface area (Å²) in [6.45, 7) is 4.25. The summed E-state index contributed by atoms with van der Waals surface area (Å²) in [7, 11) is 0. The second-order valence-corrected chi connectivity index (χ2v) is 3.94. The molecule has 0 aromatic heterocycles. The van der Waals surface area contributed by atoms with Gasteiger partial charge in [-0.1, -0.05) is 20.3 Å². The summed E-state index contributed by atoms with van der Waals surface area (Å²) in [5.74, 6) is 0.986. The number of nitrogens with zero attached hydrogens (tertiary/aromatic N) is 1. The monoisotopic (exact) mass is 152 g/mol. The van der Waals surface area contributed by atoms with Crippen molar-refractivity contribution in [1.82, 2.24) is 0 Å². The molecule has 0 aromatic rings. The SMILES string of the molecule is CC1CCC(C)C(N)(C#N)C1. The molecule has 0 heterocycles. The van der Waals surface area contributed by atoms with Crippen molar-refractivity contribution in [3.63, 3.8) is 0 Å². The third kappa shape index (κ3) is 1.54. The highest BCUT2D eigenvalue weighted by atomic mass is 14.8. The van der Waals surface area contributed by atoms with Gasteiger partial charge in [0.05, 0.1) is 6.07 Å². The minimum absolute atomic E-state index is 0.365. The zero-order chi connectivity index (χ0) is 8.48. The number of nitrogens with two attached hydrogens (primary N) is 1. The van der Waals surface area contributed by atoms with E-state index in [-0.39, 0.29) is 0 Å². The van der Waals surface area contributed by atoms with Gasteiger partial charge in [0.2, 0.25) is 0 Å². The van der Waals surface area contributed by atoms with E-state index in [1.54, 1.807) is 0 Å². The second kappa shape index (κ2) is 2.83. The third-order valence-electron chi connectivity index (χ3n) is 2.87. The maximum absolute atomic E-state index is 8.86. The summed E-state index contributed by atoms with van der Waals surface area (Å²) >= 11 is 0. The van der Waals surface area contributed by atoms with Crippen LogP contribution < -0.4 is 5.73 Å². The van der Waals surface area contributed by atoms with Crippen molar-refractivity contribution in [1.29, 1.82) is 5.26 Å². The number of rotatable bonds is 0. The lowest BCUT2D eigenvalue weighted by Crippen LogP contribution is -2.48. The largest absolute Gasteiger partial charge is 0.313 e. The molecule has 1 rings (SSSR count). The van der Waals surface area contributed by atoms with Crippen LogP contribution in [0, 0.1) is 23.2 Å². The molecular weight excluding hydrogens is 136 g/mol. The molecule has 0 aliphatic heterocycles. The van der Waals surface area contributed by atoms with Crippen LogP contribution in [0.25, 0.3) is 0 Å². The molecule has 0 bridgehead atoms. The first-order chi connectivity index (χ1) is 5.08. The first-order valence-electron chi connectivity index (χ1n) is 4.28. The summed E-state index contributed by atoms with van der Waals surface area (Å²) < 4.78 is 0. The maximum atomic E-state index is 8.86. The normalized spacial score (nSPS) is 44.9. The smallest absolute Gasteiger partial charge is 0.107 e. The molecule has 0 amide bonds. The Bertz CT molecular complexity index is 182. The molecule has 1 saturated carbocycles. The van der Waals surface area contributed by atoms with Crippen molar-refractivity contribution in [2.75, 3.05) is 0 Å². The summed E-state index contributed by atoms with van der Waals surface area (Å²) in [5, 5.41) is 8.86. The summed E-state index contributed by atoms with van der Waals surface area (Å²) in [6.07, 6.45) is 3.19. The lowest BCUT2D eigenvalue weighted by atomic mass is 9.71. The number of hydrogen-bond donors (Lipinski definition) is 1. The predicted octanol–water partition coefficient (Wildman–Crippen LogP) is 1.66. The van der Waals surface area contributed by atoms with Crippen LogP contribution in [0.4, 0.5) is 0 Å². The second-order valence-electron chi connectivity index (χ2n) is 3.94. The Morgan fingerprint density at radius 1 is 1.45 bits per heavy atom. The molecule has 0 spiro atoms. The topological polar surface area (TPSA) is 49.8 Å². The van der Waals surface area contributed by atoms with Gasteiger partial charge in [-0.05, 0) is 24.7 Å². The van der Waals surface area contributed by atoms with Crippen LogP contribution in [0.15, 0.2) is 0 Å². The molecule has 2 heteroatoms. The fraction of sp³-hybridized carbons (Fsp3) is 0.889. The highest BCUT2D eigenvalue weighted by Gasteiger charge is 2.37. The van der Waals surface area contributed by atoms with Crippen molar-refractivity contribution in [3.8, 4) is 6.07 Å². The van der Waals surface area contributed by atoms with Gasteiger partial charge in [0.1, 0.15) is 5.54 Å². The lowest BCUT2D eigenvalue weighted by molar-refractivity contribution is 0.211. The van der Waals surface area contributed by atoms with E-state index in [0.29, 0.717) is 11.8 Å². The van der Waals surface area contributed by atoms with Crippen LogP contribution in [0.3, 0.4) is 0 Å². The van der Waals surface area contributed by atoms with E-state index in [1.807, 2.05) is 0 Å². The van der Waals surface area contributed by atoms with Crippen LogP contribution in [0.2, 0.25) is 0 Å². The number of nitriles is 1. The van der Waals surface area contributed by atoms with E-state index in [1.165, 1.54) is 6.42 Å². The molecule has 1 fully saturated rings. The van der Waals surface area contributed by atoms with Crippen LogP contribution in [-0.4, -0.2) is 5.54 Å². The zero-order valence-electron chi connectivity index (χ0n) is 7.30. The predicted molar refractivity (Wildman–Crippen MR) is 44.7 cm³/mol. The first kappa shape index (κ1) is 8.55. The summed E-state index contributed by atoms with van der Waals surface area (Å²) in [6, 6.07) is 2.24. The van der Waals surface area contributed by atoms with Crippen LogP contribution >= 0.6 is 0 Å². The summed E-state index contributed by atoms with van der Waals surface area (Å²) in [4.78, 5) is 0. The van der Waals surface area contributed by atoms with Gasteiger partial charge >= 0.3 is 0 Å². The van der Waals surface area contributed by atoms with Crippen LogP contribution in [0.5, 0.6) is 0 Å². The van der Waals surface area contributed by atoms with Gasteiger partial charge in [-0.25, -0.2) is 0 Å². The van der Waals surface area contributed by atoms with Crippen molar-refractivity contribution < 1.29 is 0 Å². The van der Waals surface area contributed by atoms with Gasteiger partial charge in [0.25, 0.3) is 0 Å². The van der Waals surface area contributed by atoms with Gasteiger partial charge < -0.3 is 5.73 Å². The van der Waals surface area contributed by atoms with E-state index < -0.39 is 5.54 Å². The van der Waals surface area contributed by atoms with Crippen molar-refractivity contribution >= 4 is 0 Å². The van der Waals surface area contributed by atoms with Gasteiger partial charge in [-0.3, -0.25) is 0 Å². The van der Waals surface area contributed by atoms with Gasteiger partial charge in [-0.15, -0.1) is 0 Å². The lowest BCUT2D eigenvalue weighted by Gasteiger charge is -2.36. The molecule has 11 heavy (non-hydrogen) atoms. The molecule has 0 aromatic carbocycles. The molecule has 3 atom stereocenters. The quantitative estimate of drug-likeness (QED) is 0.574. The van der Waals surface area contributed by atoms with E-state index in [0.717, 1.165) is 12.8 Å². The average molecular weight is 152 g/mol. The third-order valence-corrected chi connectivity index (χ3v) is 2.87. The van der Waals surface area contributed by atoms with Crippen LogP contribution in [0.1, 0.15) is 33.1 Å². The average Bonchev–Trinajstić information content (AvgIpc) is 1.98. The van der Waals surface area contributed by atoms with Crippen LogP contribution in [-0.2, 0) is 0 Å². The summed E-state index contributed by atoms with van der Waals surface area (Å²) in [5.41, 5.74) is 5.39. The van der Waals surface area contributed by atoms with Gasteiger partial charge in [0, 0.05) is 0 Å². The molecule has 0 radical (unpaired) electrons. The highest BCUT2D eigenvalue weighted by molar-refractivity contribution is 5.10. The maximum Gasteiger partial charge on any atom is 0.107 e. The van der Waals surface area contributed by atoms with Crippen molar-refractivity contribution in [2.45, 2.75) is 38.6 Å². The fourth-order valence-electron chi connectivity index (χ4n) is 1.83.